The van der Waals surface area contributed by atoms with Crippen LogP contribution in [0.25, 0.3) is 0 Å². The molecule has 4 rings (SSSR count). The van der Waals surface area contributed by atoms with E-state index in [-0.39, 0.29) is 11.9 Å². The average Bonchev–Trinajstić information content (AvgIpc) is 3.27. The van der Waals surface area contributed by atoms with E-state index < -0.39 is 0 Å². The van der Waals surface area contributed by atoms with Gasteiger partial charge in [0.25, 0.3) is 0 Å². The maximum Gasteiger partial charge on any atom is 0.230 e. The molecule has 2 N–H and O–H groups in total. The second-order valence-corrected chi connectivity index (χ2v) is 10.9. The summed E-state index contributed by atoms with van der Waals surface area (Å²) in [5, 5.41) is 15.6. The van der Waals surface area contributed by atoms with Crippen LogP contribution in [0.2, 0.25) is 0 Å². The smallest absolute Gasteiger partial charge is 0.230 e. The summed E-state index contributed by atoms with van der Waals surface area (Å²) in [6.45, 7) is 7.36. The molecule has 0 unspecified atom stereocenters. The number of hydrogen-bond acceptors (Lipinski definition) is 7. The number of rotatable bonds is 9. The van der Waals surface area contributed by atoms with E-state index in [1.54, 1.807) is 0 Å². The predicted molar refractivity (Wildman–Crippen MR) is 137 cm³/mol. The van der Waals surface area contributed by atoms with Gasteiger partial charge in [-0.25, -0.2) is 0 Å². The number of likely N-dealkylation sites (tertiary alicyclic amines) is 1. The average molecular weight is 482 g/mol. The zero-order chi connectivity index (χ0) is 23.0. The molecule has 2 aromatic carbocycles. The van der Waals surface area contributed by atoms with Gasteiger partial charge in [0.2, 0.25) is 11.0 Å². The Bertz CT molecular complexity index is 1010. The van der Waals surface area contributed by atoms with Gasteiger partial charge < -0.3 is 10.6 Å². The highest BCUT2D eigenvalue weighted by atomic mass is 32.2. The van der Waals surface area contributed by atoms with E-state index in [0.717, 1.165) is 47.6 Å². The highest BCUT2D eigenvalue weighted by Crippen LogP contribution is 2.28. The number of thioether (sulfide) groups is 1. The standard InChI is InChI=1S/C25H31N5OS2/c1-18(2)20-8-10-21(11-9-20)27-24-28-29-25(33-24)32-17-23(31)26-22-12-14-30(15-13-22)16-19-6-4-3-5-7-19/h3-11,18,22H,12-17H2,1-2H3,(H,26,31)(H,27,28). The molecule has 0 spiro atoms. The third kappa shape index (κ3) is 7.28. The summed E-state index contributed by atoms with van der Waals surface area (Å²) in [7, 11) is 0. The summed E-state index contributed by atoms with van der Waals surface area (Å²) in [5.41, 5.74) is 3.64. The topological polar surface area (TPSA) is 70.1 Å². The third-order valence-electron chi connectivity index (χ3n) is 5.76. The van der Waals surface area contributed by atoms with Crippen molar-refractivity contribution in [1.29, 1.82) is 0 Å². The molecule has 0 aliphatic carbocycles. The highest BCUT2D eigenvalue weighted by molar-refractivity contribution is 8.01. The number of amides is 1. The normalized spacial score (nSPS) is 15.0. The lowest BCUT2D eigenvalue weighted by molar-refractivity contribution is -0.119. The zero-order valence-electron chi connectivity index (χ0n) is 19.2. The Hall–Kier alpha value is -2.42. The molecule has 2 heterocycles. The molecule has 0 saturated carbocycles. The number of benzene rings is 2. The molecule has 6 nitrogen and oxygen atoms in total. The van der Waals surface area contributed by atoms with E-state index in [2.05, 4.69) is 88.1 Å². The number of carbonyl (C=O) groups excluding carboxylic acids is 1. The lowest BCUT2D eigenvalue weighted by Crippen LogP contribution is -2.44. The van der Waals surface area contributed by atoms with Gasteiger partial charge in [0.1, 0.15) is 0 Å². The van der Waals surface area contributed by atoms with Gasteiger partial charge in [-0.1, -0.05) is 79.4 Å². The Balaban J connectivity index is 1.16. The number of nitrogens with one attached hydrogen (secondary N) is 2. The van der Waals surface area contributed by atoms with Gasteiger partial charge in [-0.3, -0.25) is 9.69 Å². The van der Waals surface area contributed by atoms with Gasteiger partial charge in [-0.2, -0.15) is 0 Å². The number of piperidine rings is 1. The van der Waals surface area contributed by atoms with Gasteiger partial charge >= 0.3 is 0 Å². The van der Waals surface area contributed by atoms with Crippen LogP contribution in [0, 0.1) is 0 Å². The Kier molecular flexibility index (Phi) is 8.36. The second kappa shape index (κ2) is 11.6. The second-order valence-electron chi connectivity index (χ2n) is 8.67. The van der Waals surface area contributed by atoms with E-state index in [4.69, 9.17) is 0 Å². The van der Waals surface area contributed by atoms with Crippen LogP contribution in [0.3, 0.4) is 0 Å². The number of nitrogens with zero attached hydrogens (tertiary/aromatic N) is 3. The van der Waals surface area contributed by atoms with Crippen LogP contribution in [0.15, 0.2) is 58.9 Å². The highest BCUT2D eigenvalue weighted by Gasteiger charge is 2.21. The first kappa shape index (κ1) is 23.7. The molecule has 1 aliphatic rings. The van der Waals surface area contributed by atoms with Crippen molar-refractivity contribution in [3.63, 3.8) is 0 Å². The molecule has 1 aromatic heterocycles. The minimum absolute atomic E-state index is 0.0653. The molecule has 174 valence electrons. The van der Waals surface area contributed by atoms with Gasteiger partial charge in [0.05, 0.1) is 5.75 Å². The Morgan fingerprint density at radius 3 is 2.52 bits per heavy atom. The minimum atomic E-state index is 0.0653. The van der Waals surface area contributed by atoms with Crippen molar-refractivity contribution in [3.8, 4) is 0 Å². The molecule has 0 radical (unpaired) electrons. The van der Waals surface area contributed by atoms with E-state index in [1.165, 1.54) is 34.2 Å². The first-order chi connectivity index (χ1) is 16.0. The fraction of sp³-hybridized carbons (Fsp3) is 0.400. The third-order valence-corrected chi connectivity index (χ3v) is 7.74. The van der Waals surface area contributed by atoms with E-state index in [0.29, 0.717) is 11.7 Å². The summed E-state index contributed by atoms with van der Waals surface area (Å²) < 4.78 is 0.795. The SMILES string of the molecule is CC(C)c1ccc(Nc2nnc(SCC(=O)NC3CCN(Cc4ccccc4)CC3)s2)cc1. The van der Waals surface area contributed by atoms with Crippen LogP contribution in [-0.2, 0) is 11.3 Å². The van der Waals surface area contributed by atoms with Gasteiger partial charge in [-0.05, 0) is 42.0 Å². The Labute approximate surface area is 204 Å². The maximum atomic E-state index is 12.4. The number of aromatic nitrogens is 2. The van der Waals surface area contributed by atoms with Gasteiger partial charge in [0.15, 0.2) is 4.34 Å². The number of carbonyl (C=O) groups is 1. The van der Waals surface area contributed by atoms with Crippen LogP contribution in [0.1, 0.15) is 43.7 Å². The Morgan fingerprint density at radius 1 is 1.09 bits per heavy atom. The fourth-order valence-electron chi connectivity index (χ4n) is 3.87. The molecule has 0 bridgehead atoms. The lowest BCUT2D eigenvalue weighted by Gasteiger charge is -2.32. The van der Waals surface area contributed by atoms with Crippen molar-refractivity contribution in [1.82, 2.24) is 20.4 Å². The van der Waals surface area contributed by atoms with Gasteiger partial charge in [0, 0.05) is 31.4 Å². The fourth-order valence-corrected chi connectivity index (χ4v) is 5.45. The first-order valence-electron chi connectivity index (χ1n) is 11.4. The summed E-state index contributed by atoms with van der Waals surface area (Å²) >= 11 is 2.91. The molecule has 3 aromatic rings. The van der Waals surface area contributed by atoms with Crippen molar-refractivity contribution in [2.75, 3.05) is 24.2 Å². The summed E-state index contributed by atoms with van der Waals surface area (Å²) in [6, 6.07) is 19.2. The predicted octanol–water partition coefficient (Wildman–Crippen LogP) is 5.28. The molecular formula is C25H31N5OS2. The molecule has 0 atom stereocenters. The number of anilines is 2. The van der Waals surface area contributed by atoms with Crippen LogP contribution in [0.4, 0.5) is 10.8 Å². The molecule has 1 fully saturated rings. The van der Waals surface area contributed by atoms with Gasteiger partial charge in [-0.15, -0.1) is 10.2 Å². The minimum Gasteiger partial charge on any atom is -0.353 e. The molecule has 1 amide bonds. The first-order valence-corrected chi connectivity index (χ1v) is 13.2. The summed E-state index contributed by atoms with van der Waals surface area (Å²) in [4.78, 5) is 14.9. The van der Waals surface area contributed by atoms with Crippen LogP contribution >= 0.6 is 23.1 Å². The molecule has 1 aliphatic heterocycles. The van der Waals surface area contributed by atoms with Crippen LogP contribution in [-0.4, -0.2) is 45.9 Å². The van der Waals surface area contributed by atoms with Crippen LogP contribution < -0.4 is 10.6 Å². The van der Waals surface area contributed by atoms with E-state index in [1.807, 2.05) is 6.07 Å². The van der Waals surface area contributed by atoms with Crippen molar-refractivity contribution in [2.24, 2.45) is 0 Å². The zero-order valence-corrected chi connectivity index (χ0v) is 20.8. The van der Waals surface area contributed by atoms with E-state index >= 15 is 0 Å². The van der Waals surface area contributed by atoms with Crippen molar-refractivity contribution in [3.05, 3.63) is 65.7 Å². The van der Waals surface area contributed by atoms with Crippen molar-refractivity contribution in [2.45, 2.75) is 49.5 Å². The molecule has 8 heteroatoms. The summed E-state index contributed by atoms with van der Waals surface area (Å²) in [5.74, 6) is 0.939. The molecule has 33 heavy (non-hydrogen) atoms. The monoisotopic (exact) mass is 481 g/mol. The van der Waals surface area contributed by atoms with Crippen molar-refractivity contribution < 1.29 is 4.79 Å². The Morgan fingerprint density at radius 2 is 1.82 bits per heavy atom. The molecule has 1 saturated heterocycles. The lowest BCUT2D eigenvalue weighted by atomic mass is 10.0. The summed E-state index contributed by atoms with van der Waals surface area (Å²) in [6.07, 6.45) is 1.98. The largest absolute Gasteiger partial charge is 0.353 e. The number of hydrogen-bond donors (Lipinski definition) is 2. The quantitative estimate of drug-likeness (QED) is 0.405. The van der Waals surface area contributed by atoms with Crippen LogP contribution in [0.5, 0.6) is 0 Å². The maximum absolute atomic E-state index is 12.4. The van der Waals surface area contributed by atoms with E-state index in [9.17, 15) is 4.79 Å². The van der Waals surface area contributed by atoms with Crippen molar-refractivity contribution >= 4 is 39.8 Å². The molecular weight excluding hydrogens is 450 g/mol.